The highest BCUT2D eigenvalue weighted by atomic mass is 16.5. The average Bonchev–Trinajstić information content (AvgIpc) is 2.62. The number of hydrogen-bond acceptors (Lipinski definition) is 3. The molecule has 0 radical (unpaired) electrons. The summed E-state index contributed by atoms with van der Waals surface area (Å²) in [5.74, 6) is 0.806. The standard InChI is InChI=1S/C10H13N3O/c1-6(14-2)10-12-8-5-3-4-7(11)9(8)13-10/h3-6H,11H2,1-2H3,(H,12,13). The van der Waals surface area contributed by atoms with E-state index in [0.717, 1.165) is 16.9 Å². The van der Waals surface area contributed by atoms with Crippen LogP contribution in [0.25, 0.3) is 11.0 Å². The lowest BCUT2D eigenvalue weighted by Crippen LogP contribution is -1.97. The van der Waals surface area contributed by atoms with Crippen molar-refractivity contribution >= 4 is 16.7 Å². The minimum atomic E-state index is -0.0400. The number of ether oxygens (including phenoxy) is 1. The quantitative estimate of drug-likeness (QED) is 0.712. The van der Waals surface area contributed by atoms with E-state index in [1.54, 1.807) is 7.11 Å². The Kier molecular flexibility index (Phi) is 2.13. The van der Waals surface area contributed by atoms with E-state index in [2.05, 4.69) is 9.97 Å². The van der Waals surface area contributed by atoms with Gasteiger partial charge in [0.15, 0.2) is 0 Å². The number of methoxy groups -OCH3 is 1. The third kappa shape index (κ3) is 1.33. The number of hydrogen-bond donors (Lipinski definition) is 2. The highest BCUT2D eigenvalue weighted by molar-refractivity contribution is 5.86. The molecular formula is C10H13N3O. The SMILES string of the molecule is COC(C)c1nc2c(N)cccc2[nH]1. The van der Waals surface area contributed by atoms with E-state index >= 15 is 0 Å². The molecule has 14 heavy (non-hydrogen) atoms. The molecule has 0 amide bonds. The van der Waals surface area contributed by atoms with Crippen LogP contribution < -0.4 is 5.73 Å². The predicted octanol–water partition coefficient (Wildman–Crippen LogP) is 1.85. The molecule has 0 aliphatic rings. The van der Waals surface area contributed by atoms with E-state index in [-0.39, 0.29) is 6.10 Å². The second kappa shape index (κ2) is 3.31. The van der Waals surface area contributed by atoms with Gasteiger partial charge in [0.05, 0.1) is 11.2 Å². The summed E-state index contributed by atoms with van der Waals surface area (Å²) >= 11 is 0. The molecule has 2 aromatic rings. The fourth-order valence-electron chi connectivity index (χ4n) is 1.38. The van der Waals surface area contributed by atoms with Gasteiger partial charge in [0.1, 0.15) is 17.4 Å². The normalized spacial score (nSPS) is 13.3. The molecule has 74 valence electrons. The van der Waals surface area contributed by atoms with E-state index in [4.69, 9.17) is 10.5 Å². The first-order chi connectivity index (χ1) is 6.72. The number of rotatable bonds is 2. The number of nitrogen functional groups attached to an aromatic ring is 1. The van der Waals surface area contributed by atoms with Crippen LogP contribution in [0.5, 0.6) is 0 Å². The van der Waals surface area contributed by atoms with E-state index in [1.807, 2.05) is 25.1 Å². The third-order valence-corrected chi connectivity index (χ3v) is 2.30. The van der Waals surface area contributed by atoms with Crippen LogP contribution in [0.3, 0.4) is 0 Å². The molecule has 1 unspecified atom stereocenters. The third-order valence-electron chi connectivity index (χ3n) is 2.30. The van der Waals surface area contributed by atoms with Gasteiger partial charge in [-0.2, -0.15) is 0 Å². The second-order valence-corrected chi connectivity index (χ2v) is 3.24. The van der Waals surface area contributed by atoms with Crippen LogP contribution in [0.1, 0.15) is 18.9 Å². The van der Waals surface area contributed by atoms with E-state index in [1.165, 1.54) is 0 Å². The van der Waals surface area contributed by atoms with Gasteiger partial charge >= 0.3 is 0 Å². The summed E-state index contributed by atoms with van der Waals surface area (Å²) in [5.41, 5.74) is 8.24. The van der Waals surface area contributed by atoms with Gasteiger partial charge in [0.25, 0.3) is 0 Å². The first-order valence-electron chi connectivity index (χ1n) is 4.49. The Morgan fingerprint density at radius 3 is 2.93 bits per heavy atom. The summed E-state index contributed by atoms with van der Waals surface area (Å²) in [6.45, 7) is 1.94. The van der Waals surface area contributed by atoms with Gasteiger partial charge in [-0.25, -0.2) is 4.98 Å². The summed E-state index contributed by atoms with van der Waals surface area (Å²) in [6, 6.07) is 5.69. The number of aromatic nitrogens is 2. The number of nitrogens with two attached hydrogens (primary N) is 1. The number of fused-ring (bicyclic) bond motifs is 1. The van der Waals surface area contributed by atoms with Crippen molar-refractivity contribution < 1.29 is 4.74 Å². The predicted molar refractivity (Wildman–Crippen MR) is 55.9 cm³/mol. The number of para-hydroxylation sites is 1. The molecule has 1 heterocycles. The largest absolute Gasteiger partial charge is 0.397 e. The molecule has 1 aromatic carbocycles. The summed E-state index contributed by atoms with van der Waals surface area (Å²) in [4.78, 5) is 7.55. The summed E-state index contributed by atoms with van der Waals surface area (Å²) in [5, 5.41) is 0. The van der Waals surface area contributed by atoms with Crippen LogP contribution in [-0.2, 0) is 4.74 Å². The molecule has 3 N–H and O–H groups in total. The van der Waals surface area contributed by atoms with Crippen LogP contribution in [-0.4, -0.2) is 17.1 Å². The molecule has 0 saturated carbocycles. The Bertz CT molecular complexity index is 450. The second-order valence-electron chi connectivity index (χ2n) is 3.24. The Balaban J connectivity index is 2.56. The topological polar surface area (TPSA) is 63.9 Å². The molecule has 0 spiro atoms. The zero-order valence-electron chi connectivity index (χ0n) is 8.24. The maximum atomic E-state index is 5.79. The van der Waals surface area contributed by atoms with Crippen molar-refractivity contribution in [3.8, 4) is 0 Å². The lowest BCUT2D eigenvalue weighted by Gasteiger charge is -2.03. The first-order valence-corrected chi connectivity index (χ1v) is 4.49. The molecule has 2 rings (SSSR count). The van der Waals surface area contributed by atoms with E-state index in [9.17, 15) is 0 Å². The van der Waals surface area contributed by atoms with Crippen molar-refractivity contribution in [1.29, 1.82) is 0 Å². The average molecular weight is 191 g/mol. The van der Waals surface area contributed by atoms with Crippen molar-refractivity contribution in [2.75, 3.05) is 12.8 Å². The van der Waals surface area contributed by atoms with Crippen molar-refractivity contribution in [3.63, 3.8) is 0 Å². The lowest BCUT2D eigenvalue weighted by molar-refractivity contribution is 0.113. The van der Waals surface area contributed by atoms with Crippen molar-refractivity contribution in [1.82, 2.24) is 9.97 Å². The van der Waals surface area contributed by atoms with Gasteiger partial charge in [-0.3, -0.25) is 0 Å². The van der Waals surface area contributed by atoms with Crippen LogP contribution in [0.4, 0.5) is 5.69 Å². The molecule has 4 nitrogen and oxygen atoms in total. The number of anilines is 1. The maximum Gasteiger partial charge on any atom is 0.136 e. The fourth-order valence-corrected chi connectivity index (χ4v) is 1.38. The molecule has 1 aromatic heterocycles. The minimum Gasteiger partial charge on any atom is -0.397 e. The number of nitrogens with zero attached hydrogens (tertiary/aromatic N) is 1. The Labute approximate surface area is 82.1 Å². The summed E-state index contributed by atoms with van der Waals surface area (Å²) in [6.07, 6.45) is -0.0400. The van der Waals surface area contributed by atoms with Gasteiger partial charge in [0, 0.05) is 7.11 Å². The first kappa shape index (κ1) is 9.02. The Morgan fingerprint density at radius 1 is 1.50 bits per heavy atom. The zero-order valence-corrected chi connectivity index (χ0v) is 8.24. The molecule has 0 saturated heterocycles. The van der Waals surface area contributed by atoms with Crippen LogP contribution in [0.2, 0.25) is 0 Å². The van der Waals surface area contributed by atoms with Crippen molar-refractivity contribution in [3.05, 3.63) is 24.0 Å². The maximum absolute atomic E-state index is 5.79. The number of nitrogens with one attached hydrogen (secondary N) is 1. The number of imidazole rings is 1. The number of benzene rings is 1. The molecule has 0 aliphatic carbocycles. The lowest BCUT2D eigenvalue weighted by atomic mass is 10.3. The van der Waals surface area contributed by atoms with Gasteiger partial charge in [-0.05, 0) is 19.1 Å². The van der Waals surface area contributed by atoms with E-state index < -0.39 is 0 Å². The van der Waals surface area contributed by atoms with Gasteiger partial charge in [0.2, 0.25) is 0 Å². The molecule has 4 heteroatoms. The van der Waals surface area contributed by atoms with Crippen molar-refractivity contribution in [2.24, 2.45) is 0 Å². The highest BCUT2D eigenvalue weighted by Crippen LogP contribution is 2.21. The molecule has 0 aliphatic heterocycles. The van der Waals surface area contributed by atoms with Crippen molar-refractivity contribution in [2.45, 2.75) is 13.0 Å². The van der Waals surface area contributed by atoms with Crippen LogP contribution in [0, 0.1) is 0 Å². The highest BCUT2D eigenvalue weighted by Gasteiger charge is 2.10. The fraction of sp³-hybridized carbons (Fsp3) is 0.300. The Morgan fingerprint density at radius 2 is 2.29 bits per heavy atom. The Hall–Kier alpha value is -1.55. The molecule has 0 fully saturated rings. The van der Waals surface area contributed by atoms with Gasteiger partial charge < -0.3 is 15.5 Å². The van der Waals surface area contributed by atoms with Gasteiger partial charge in [-0.1, -0.05) is 6.07 Å². The van der Waals surface area contributed by atoms with Crippen LogP contribution >= 0.6 is 0 Å². The smallest absolute Gasteiger partial charge is 0.136 e. The molecular weight excluding hydrogens is 178 g/mol. The monoisotopic (exact) mass is 191 g/mol. The zero-order chi connectivity index (χ0) is 10.1. The number of aromatic amines is 1. The summed E-state index contributed by atoms with van der Waals surface area (Å²) in [7, 11) is 1.65. The summed E-state index contributed by atoms with van der Waals surface area (Å²) < 4.78 is 5.17. The van der Waals surface area contributed by atoms with Crippen LogP contribution in [0.15, 0.2) is 18.2 Å². The number of H-pyrrole nitrogens is 1. The molecule has 0 bridgehead atoms. The molecule has 1 atom stereocenters. The minimum absolute atomic E-state index is 0.0400. The van der Waals surface area contributed by atoms with E-state index in [0.29, 0.717) is 5.69 Å². The van der Waals surface area contributed by atoms with Gasteiger partial charge in [-0.15, -0.1) is 0 Å².